The van der Waals surface area contributed by atoms with E-state index in [2.05, 4.69) is 77.9 Å². The van der Waals surface area contributed by atoms with Crippen molar-refractivity contribution < 1.29 is 46.4 Å². The molecule has 0 spiro atoms. The zero-order valence-corrected chi connectivity index (χ0v) is 46.3. The van der Waals surface area contributed by atoms with Crippen LogP contribution in [0.4, 0.5) is 11.4 Å². The molecule has 0 radical (unpaired) electrons. The van der Waals surface area contributed by atoms with Gasteiger partial charge >= 0.3 is 20.4 Å². The zero-order valence-electron chi connectivity index (χ0n) is 42.3. The van der Waals surface area contributed by atoms with Crippen molar-refractivity contribution in [1.29, 1.82) is 0 Å². The van der Waals surface area contributed by atoms with E-state index in [0.29, 0.717) is 51.4 Å². The molecule has 0 unspecified atom stereocenters. The molecule has 8 rings (SSSR count). The van der Waals surface area contributed by atoms with E-state index in [-0.39, 0.29) is 28.3 Å². The SMILES string of the molecule is CC(C)c1cc(C(C)C)c(-c2ccccc2P(C2CCCCC2)C2CCCCC2)c(C(C)C)c1.Nc1ccccc1-c1ccccc1CS(=O)(=O)[O-].Nc1ccccc1-c1ccccc1CS(=O)(=O)[O-].[Pd+2]. The summed E-state index contributed by atoms with van der Waals surface area (Å²) in [5.41, 5.74) is 26.3. The Balaban J connectivity index is 0.000000215. The maximum absolute atomic E-state index is 10.9. The van der Waals surface area contributed by atoms with Gasteiger partial charge in [-0.25, -0.2) is 16.8 Å². The summed E-state index contributed by atoms with van der Waals surface area (Å²) in [4.78, 5) is 0. The fraction of sp³-hybridized carbons (Fsp3) is 0.390. The van der Waals surface area contributed by atoms with Crippen molar-refractivity contribution in [1.82, 2.24) is 0 Å². The van der Waals surface area contributed by atoms with Crippen LogP contribution in [0.1, 0.15) is 151 Å². The van der Waals surface area contributed by atoms with Crippen LogP contribution < -0.4 is 16.8 Å². The largest absolute Gasteiger partial charge is 2.00 e. The third kappa shape index (κ3) is 16.2. The number of nitrogen functional groups attached to an aromatic ring is 2. The number of anilines is 2. The second-order valence-electron chi connectivity index (χ2n) is 19.9. The molecule has 0 atom stereocenters. The summed E-state index contributed by atoms with van der Waals surface area (Å²) in [5, 5.41) is 1.75. The first-order valence-corrected chi connectivity index (χ1v) is 29.7. The molecule has 2 saturated carbocycles. The summed E-state index contributed by atoms with van der Waals surface area (Å²) in [7, 11) is -8.74. The normalized spacial score (nSPS) is 14.6. The minimum Gasteiger partial charge on any atom is -0.748 e. The molecule has 382 valence electrons. The van der Waals surface area contributed by atoms with Gasteiger partial charge in [0.1, 0.15) is 0 Å². The first kappa shape index (κ1) is 57.7. The van der Waals surface area contributed by atoms with E-state index in [1.54, 1.807) is 112 Å². The number of benzene rings is 6. The van der Waals surface area contributed by atoms with Crippen molar-refractivity contribution in [2.45, 2.75) is 146 Å². The third-order valence-electron chi connectivity index (χ3n) is 13.7. The van der Waals surface area contributed by atoms with Gasteiger partial charge in [0.2, 0.25) is 0 Å². The number of para-hydroxylation sites is 2. The van der Waals surface area contributed by atoms with E-state index in [9.17, 15) is 25.9 Å². The Morgan fingerprint density at radius 3 is 1.17 bits per heavy atom. The summed E-state index contributed by atoms with van der Waals surface area (Å²) in [5.74, 6) is 0.584. The van der Waals surface area contributed by atoms with Gasteiger partial charge < -0.3 is 20.6 Å². The molecular formula is C59H73N2O6PPdS2. The molecule has 0 aliphatic heterocycles. The smallest absolute Gasteiger partial charge is 0.748 e. The maximum atomic E-state index is 10.9. The van der Waals surface area contributed by atoms with E-state index < -0.39 is 31.7 Å². The first-order chi connectivity index (χ1) is 33.3. The molecule has 71 heavy (non-hydrogen) atoms. The Hall–Kier alpha value is -4.17. The van der Waals surface area contributed by atoms with Crippen LogP contribution >= 0.6 is 7.92 Å². The molecule has 0 heterocycles. The molecule has 0 bridgehead atoms. The van der Waals surface area contributed by atoms with Crippen LogP contribution in [0, 0.1) is 0 Å². The Morgan fingerprint density at radius 1 is 0.479 bits per heavy atom. The van der Waals surface area contributed by atoms with Gasteiger partial charge in [-0.05, 0) is 122 Å². The molecule has 2 aliphatic carbocycles. The van der Waals surface area contributed by atoms with Crippen LogP contribution in [-0.2, 0) is 52.2 Å². The van der Waals surface area contributed by atoms with Crippen molar-refractivity contribution in [2.24, 2.45) is 0 Å². The van der Waals surface area contributed by atoms with E-state index in [1.165, 1.54) is 69.8 Å². The van der Waals surface area contributed by atoms with Gasteiger partial charge in [0.05, 0.1) is 31.7 Å². The van der Waals surface area contributed by atoms with Gasteiger partial charge in [-0.15, -0.1) is 0 Å². The summed E-state index contributed by atoms with van der Waals surface area (Å²) in [6.45, 7) is 14.3. The number of hydrogen-bond acceptors (Lipinski definition) is 8. The van der Waals surface area contributed by atoms with Crippen LogP contribution in [-0.4, -0.2) is 37.3 Å². The second kappa shape index (κ2) is 26.7. The van der Waals surface area contributed by atoms with E-state index in [1.807, 2.05) is 12.1 Å². The average molecular weight is 1110 g/mol. The van der Waals surface area contributed by atoms with Crippen LogP contribution in [0.5, 0.6) is 0 Å². The van der Waals surface area contributed by atoms with Crippen LogP contribution in [0.2, 0.25) is 0 Å². The van der Waals surface area contributed by atoms with Crippen LogP contribution in [0.25, 0.3) is 33.4 Å². The summed E-state index contributed by atoms with van der Waals surface area (Å²) in [6, 6.07) is 42.8. The second-order valence-corrected chi connectivity index (χ2v) is 25.5. The number of nitrogens with two attached hydrogens (primary N) is 2. The van der Waals surface area contributed by atoms with Gasteiger partial charge in [-0.2, -0.15) is 0 Å². The monoisotopic (exact) mass is 1110 g/mol. The molecule has 0 saturated heterocycles. The Kier molecular flexibility index (Phi) is 21.7. The van der Waals surface area contributed by atoms with Gasteiger partial charge in [-0.3, -0.25) is 0 Å². The molecule has 6 aromatic carbocycles. The molecular weight excluding hydrogens is 1030 g/mol. The van der Waals surface area contributed by atoms with E-state index in [0.717, 1.165) is 22.4 Å². The van der Waals surface area contributed by atoms with Crippen molar-refractivity contribution in [3.05, 3.63) is 161 Å². The van der Waals surface area contributed by atoms with Gasteiger partial charge in [0.25, 0.3) is 0 Å². The van der Waals surface area contributed by atoms with Crippen molar-refractivity contribution in [2.75, 3.05) is 11.5 Å². The topological polar surface area (TPSA) is 166 Å². The Bertz CT molecular complexity index is 2730. The average Bonchev–Trinajstić information content (AvgIpc) is 3.32. The molecule has 2 aliphatic rings. The van der Waals surface area contributed by atoms with Crippen LogP contribution in [0.15, 0.2) is 133 Å². The molecule has 6 aromatic rings. The summed E-state index contributed by atoms with van der Waals surface area (Å²) in [6.07, 6.45) is 14.6. The summed E-state index contributed by atoms with van der Waals surface area (Å²) < 4.78 is 65.3. The molecule has 0 aromatic heterocycles. The van der Waals surface area contributed by atoms with Crippen molar-refractivity contribution in [3.63, 3.8) is 0 Å². The molecule has 8 nitrogen and oxygen atoms in total. The number of rotatable bonds is 13. The minimum atomic E-state index is -4.31. The first-order valence-electron chi connectivity index (χ1n) is 25.1. The zero-order chi connectivity index (χ0) is 50.6. The van der Waals surface area contributed by atoms with Gasteiger partial charge in [-0.1, -0.05) is 209 Å². The molecule has 12 heteroatoms. The van der Waals surface area contributed by atoms with Crippen LogP contribution in [0.3, 0.4) is 0 Å². The quantitative estimate of drug-likeness (QED) is 0.0499. The number of hydrogen-bond donors (Lipinski definition) is 2. The predicted octanol–water partition coefficient (Wildman–Crippen LogP) is 14.5. The standard InChI is InChI=1S/C33H49P.2C13H13NO3S.Pd/c1-23(2)26-21-30(24(3)4)33(31(22-26)25(5)6)29-19-13-14-20-32(29)34(27-15-9-7-10-16-27)28-17-11-8-12-18-28;2*14-13-8-4-3-7-12(13)11-6-2-1-5-10(11)9-18(15,16)17;/h13-14,19-25,27-28H,7-12,15-18H2,1-6H3;2*1-8H,9,14H2,(H,15,16,17);/q;;;+2/p-2. The van der Waals surface area contributed by atoms with E-state index >= 15 is 0 Å². The fourth-order valence-corrected chi connectivity index (χ4v) is 15.5. The summed E-state index contributed by atoms with van der Waals surface area (Å²) >= 11 is 0. The van der Waals surface area contributed by atoms with Crippen molar-refractivity contribution >= 4 is 44.8 Å². The van der Waals surface area contributed by atoms with Gasteiger partial charge in [0, 0.05) is 22.5 Å². The Morgan fingerprint density at radius 2 is 0.817 bits per heavy atom. The van der Waals surface area contributed by atoms with Crippen molar-refractivity contribution in [3.8, 4) is 33.4 Å². The predicted molar refractivity (Wildman–Crippen MR) is 294 cm³/mol. The fourth-order valence-electron chi connectivity index (χ4n) is 10.3. The Labute approximate surface area is 440 Å². The third-order valence-corrected chi connectivity index (χ3v) is 18.6. The molecule has 4 N–H and O–H groups in total. The minimum absolute atomic E-state index is 0. The van der Waals surface area contributed by atoms with E-state index in [4.69, 9.17) is 11.5 Å². The van der Waals surface area contributed by atoms with Gasteiger partial charge in [0.15, 0.2) is 0 Å². The maximum Gasteiger partial charge on any atom is 2.00 e. The molecule has 2 fully saturated rings. The molecule has 0 amide bonds.